The van der Waals surface area contributed by atoms with Crippen LogP contribution in [0.15, 0.2) is 24.3 Å². The van der Waals surface area contributed by atoms with Crippen molar-refractivity contribution in [3.63, 3.8) is 0 Å². The summed E-state index contributed by atoms with van der Waals surface area (Å²) in [5.41, 5.74) is 2.26. The largest absolute Gasteiger partial charge is 0.392 e. The van der Waals surface area contributed by atoms with Crippen LogP contribution in [-0.2, 0) is 6.61 Å². The minimum Gasteiger partial charge on any atom is -0.392 e. The predicted octanol–water partition coefficient (Wildman–Crippen LogP) is 2.12. The molecule has 0 radical (unpaired) electrons. The highest BCUT2D eigenvalue weighted by Gasteiger charge is 2.18. The van der Waals surface area contributed by atoms with Crippen LogP contribution in [0.5, 0.6) is 0 Å². The summed E-state index contributed by atoms with van der Waals surface area (Å²) in [6, 6.07) is 8.84. The number of aliphatic hydroxyl groups is 1. The van der Waals surface area contributed by atoms with Crippen LogP contribution in [0.4, 0.5) is 5.69 Å². The van der Waals surface area contributed by atoms with Crippen LogP contribution >= 0.6 is 11.8 Å². The van der Waals surface area contributed by atoms with Crippen molar-refractivity contribution < 1.29 is 5.11 Å². The highest BCUT2D eigenvalue weighted by Crippen LogP contribution is 2.24. The molecule has 0 aliphatic carbocycles. The van der Waals surface area contributed by atoms with Gasteiger partial charge >= 0.3 is 0 Å². The van der Waals surface area contributed by atoms with Crippen molar-refractivity contribution in [2.24, 2.45) is 0 Å². The molecule has 1 aliphatic rings. The average Bonchev–Trinajstić information content (AvgIpc) is 2.30. The zero-order valence-corrected chi connectivity index (χ0v) is 9.83. The van der Waals surface area contributed by atoms with Gasteiger partial charge in [-0.3, -0.25) is 0 Å². The van der Waals surface area contributed by atoms with Crippen LogP contribution in [0.2, 0.25) is 0 Å². The molecule has 1 aromatic rings. The van der Waals surface area contributed by atoms with Gasteiger partial charge in [-0.2, -0.15) is 11.8 Å². The normalized spacial score (nSPS) is 21.7. The molecule has 1 unspecified atom stereocenters. The molecule has 1 atom stereocenters. The molecule has 1 saturated heterocycles. The molecular weight excluding hydrogens is 206 g/mol. The van der Waals surface area contributed by atoms with Crippen molar-refractivity contribution in [3.05, 3.63) is 29.8 Å². The first-order valence-electron chi connectivity index (χ1n) is 5.35. The van der Waals surface area contributed by atoms with E-state index in [0.717, 1.165) is 12.1 Å². The molecule has 0 saturated carbocycles. The quantitative estimate of drug-likeness (QED) is 0.831. The Labute approximate surface area is 95.3 Å². The Morgan fingerprint density at radius 2 is 2.13 bits per heavy atom. The first kappa shape index (κ1) is 10.8. The molecule has 1 aliphatic heterocycles. The van der Waals surface area contributed by atoms with Crippen LogP contribution in [-0.4, -0.2) is 29.2 Å². The summed E-state index contributed by atoms with van der Waals surface area (Å²) in [5.74, 6) is 2.42. The number of benzene rings is 1. The Hall–Kier alpha value is -0.670. The number of anilines is 1. The molecule has 1 N–H and O–H groups in total. The second kappa shape index (κ2) is 4.90. The first-order valence-corrected chi connectivity index (χ1v) is 6.51. The fraction of sp³-hybridized carbons (Fsp3) is 0.500. The van der Waals surface area contributed by atoms with Crippen molar-refractivity contribution in [1.29, 1.82) is 0 Å². The zero-order valence-electron chi connectivity index (χ0n) is 9.02. The molecule has 15 heavy (non-hydrogen) atoms. The third kappa shape index (κ3) is 2.47. The second-order valence-electron chi connectivity index (χ2n) is 3.94. The van der Waals surface area contributed by atoms with E-state index < -0.39 is 0 Å². The van der Waals surface area contributed by atoms with E-state index in [1.165, 1.54) is 17.2 Å². The third-order valence-corrected chi connectivity index (χ3v) is 4.01. The highest BCUT2D eigenvalue weighted by atomic mass is 32.2. The average molecular weight is 223 g/mol. The van der Waals surface area contributed by atoms with Gasteiger partial charge < -0.3 is 10.0 Å². The highest BCUT2D eigenvalue weighted by molar-refractivity contribution is 7.99. The van der Waals surface area contributed by atoms with E-state index in [2.05, 4.69) is 24.0 Å². The molecule has 1 fully saturated rings. The Morgan fingerprint density at radius 3 is 2.73 bits per heavy atom. The lowest BCUT2D eigenvalue weighted by Crippen LogP contribution is -2.40. The lowest BCUT2D eigenvalue weighted by Gasteiger charge is -2.35. The summed E-state index contributed by atoms with van der Waals surface area (Å²) >= 11 is 2.03. The molecular formula is C12H17NOS. The molecule has 0 aromatic heterocycles. The fourth-order valence-electron chi connectivity index (χ4n) is 1.90. The lowest BCUT2D eigenvalue weighted by atomic mass is 10.2. The van der Waals surface area contributed by atoms with Gasteiger partial charge in [0.05, 0.1) is 6.61 Å². The number of thioether (sulfide) groups is 1. The lowest BCUT2D eigenvalue weighted by molar-refractivity contribution is 0.282. The molecule has 0 bridgehead atoms. The summed E-state index contributed by atoms with van der Waals surface area (Å²) in [6.07, 6.45) is 0. The second-order valence-corrected chi connectivity index (χ2v) is 5.09. The van der Waals surface area contributed by atoms with E-state index in [4.69, 9.17) is 5.11 Å². The van der Waals surface area contributed by atoms with Gasteiger partial charge in [0.15, 0.2) is 0 Å². The fourth-order valence-corrected chi connectivity index (χ4v) is 2.92. The molecule has 2 nitrogen and oxygen atoms in total. The maximum atomic E-state index is 8.97. The van der Waals surface area contributed by atoms with E-state index in [9.17, 15) is 0 Å². The Balaban J connectivity index is 2.13. The van der Waals surface area contributed by atoms with E-state index in [-0.39, 0.29) is 6.61 Å². The van der Waals surface area contributed by atoms with Crippen molar-refractivity contribution in [2.45, 2.75) is 19.6 Å². The van der Waals surface area contributed by atoms with Crippen molar-refractivity contribution in [1.82, 2.24) is 0 Å². The summed E-state index contributed by atoms with van der Waals surface area (Å²) in [7, 11) is 0. The molecule has 3 heteroatoms. The van der Waals surface area contributed by atoms with Gasteiger partial charge in [0.2, 0.25) is 0 Å². The first-order chi connectivity index (χ1) is 7.31. The van der Waals surface area contributed by atoms with Crippen LogP contribution in [0, 0.1) is 0 Å². The maximum absolute atomic E-state index is 8.97. The molecule has 0 amide bonds. The number of aliphatic hydroxyl groups excluding tert-OH is 1. The number of rotatable bonds is 2. The van der Waals surface area contributed by atoms with E-state index in [1.54, 1.807) is 0 Å². The van der Waals surface area contributed by atoms with Gasteiger partial charge in [-0.1, -0.05) is 12.1 Å². The van der Waals surface area contributed by atoms with Gasteiger partial charge in [0, 0.05) is 29.8 Å². The van der Waals surface area contributed by atoms with Gasteiger partial charge in [0.1, 0.15) is 0 Å². The number of hydrogen-bond donors (Lipinski definition) is 1. The summed E-state index contributed by atoms with van der Waals surface area (Å²) in [5, 5.41) is 8.97. The molecule has 1 aromatic carbocycles. The minimum atomic E-state index is 0.131. The summed E-state index contributed by atoms with van der Waals surface area (Å²) < 4.78 is 0. The van der Waals surface area contributed by atoms with Gasteiger partial charge in [-0.25, -0.2) is 0 Å². The Kier molecular flexibility index (Phi) is 3.54. The van der Waals surface area contributed by atoms with E-state index in [1.807, 2.05) is 23.9 Å². The predicted molar refractivity (Wildman–Crippen MR) is 66.5 cm³/mol. The smallest absolute Gasteiger partial charge is 0.0681 e. The topological polar surface area (TPSA) is 23.5 Å². The van der Waals surface area contributed by atoms with Gasteiger partial charge in [-0.15, -0.1) is 0 Å². The summed E-state index contributed by atoms with van der Waals surface area (Å²) in [4.78, 5) is 2.44. The molecule has 0 spiro atoms. The Bertz CT molecular complexity index is 312. The summed E-state index contributed by atoms with van der Waals surface area (Å²) in [6.45, 7) is 3.53. The molecule has 1 heterocycles. The SMILES string of the molecule is CC1CSCCN1c1ccc(CO)cc1. The van der Waals surface area contributed by atoms with E-state index >= 15 is 0 Å². The van der Waals surface area contributed by atoms with Crippen molar-refractivity contribution in [3.8, 4) is 0 Å². The molecule has 2 rings (SSSR count). The monoisotopic (exact) mass is 223 g/mol. The van der Waals surface area contributed by atoms with Gasteiger partial charge in [0.25, 0.3) is 0 Å². The van der Waals surface area contributed by atoms with Crippen LogP contribution < -0.4 is 4.90 Å². The van der Waals surface area contributed by atoms with Crippen LogP contribution in [0.1, 0.15) is 12.5 Å². The maximum Gasteiger partial charge on any atom is 0.0681 e. The van der Waals surface area contributed by atoms with Crippen molar-refractivity contribution >= 4 is 17.4 Å². The number of hydrogen-bond acceptors (Lipinski definition) is 3. The van der Waals surface area contributed by atoms with E-state index in [0.29, 0.717) is 6.04 Å². The molecule has 82 valence electrons. The minimum absolute atomic E-state index is 0.131. The standard InChI is InChI=1S/C12H17NOS/c1-10-9-15-7-6-13(10)12-4-2-11(8-14)3-5-12/h2-5,10,14H,6-9H2,1H3. The van der Waals surface area contributed by atoms with Crippen LogP contribution in [0.25, 0.3) is 0 Å². The third-order valence-electron chi connectivity index (χ3n) is 2.82. The van der Waals surface area contributed by atoms with Crippen LogP contribution in [0.3, 0.4) is 0 Å². The van der Waals surface area contributed by atoms with Gasteiger partial charge in [-0.05, 0) is 24.6 Å². The Morgan fingerprint density at radius 1 is 1.40 bits per heavy atom. The zero-order chi connectivity index (χ0) is 10.7. The van der Waals surface area contributed by atoms with Crippen molar-refractivity contribution in [2.75, 3.05) is 23.0 Å². The number of nitrogens with zero attached hydrogens (tertiary/aromatic N) is 1.